The molecule has 0 bridgehead atoms. The Hall–Kier alpha value is -2.69. The van der Waals surface area contributed by atoms with E-state index in [1.165, 1.54) is 13.0 Å². The highest BCUT2D eigenvalue weighted by molar-refractivity contribution is 5.96. The molecule has 0 radical (unpaired) electrons. The van der Waals surface area contributed by atoms with Crippen LogP contribution in [-0.2, 0) is 11.2 Å². The number of nitrogens with zero attached hydrogens (tertiary/aromatic N) is 1. The Morgan fingerprint density at radius 2 is 1.92 bits per heavy atom. The van der Waals surface area contributed by atoms with E-state index in [0.29, 0.717) is 11.3 Å². The highest BCUT2D eigenvalue weighted by Crippen LogP contribution is 2.31. The van der Waals surface area contributed by atoms with E-state index >= 15 is 0 Å². The third-order valence-electron chi connectivity index (χ3n) is 4.60. The Labute approximate surface area is 146 Å². The molecule has 2 aromatic rings. The molecular formula is C20H21FN2O2. The minimum absolute atomic E-state index is 0.0103. The van der Waals surface area contributed by atoms with Crippen molar-refractivity contribution in [2.45, 2.75) is 32.7 Å². The molecule has 0 saturated heterocycles. The lowest BCUT2D eigenvalue weighted by molar-refractivity contribution is -0.115. The molecule has 4 nitrogen and oxygen atoms in total. The third kappa shape index (κ3) is 3.87. The highest BCUT2D eigenvalue weighted by Gasteiger charge is 2.25. The zero-order chi connectivity index (χ0) is 18.0. The molecule has 1 aliphatic heterocycles. The van der Waals surface area contributed by atoms with Crippen LogP contribution in [0.15, 0.2) is 42.5 Å². The number of nitrogens with one attached hydrogen (secondary N) is 1. The summed E-state index contributed by atoms with van der Waals surface area (Å²) >= 11 is 0. The number of aryl methyl sites for hydroxylation is 1. The molecule has 0 spiro atoms. The molecule has 1 N–H and O–H groups in total. The Bertz CT molecular complexity index is 802. The van der Waals surface area contributed by atoms with Gasteiger partial charge in [-0.2, -0.15) is 0 Å². The summed E-state index contributed by atoms with van der Waals surface area (Å²) < 4.78 is 13.4. The number of carbonyl (C=O) groups excluding carboxylic acids is 2. The summed E-state index contributed by atoms with van der Waals surface area (Å²) in [7, 11) is 0. The van der Waals surface area contributed by atoms with E-state index in [1.807, 2.05) is 4.90 Å². The molecular weight excluding hydrogens is 319 g/mol. The van der Waals surface area contributed by atoms with Crippen LogP contribution in [0.3, 0.4) is 0 Å². The van der Waals surface area contributed by atoms with Gasteiger partial charge in [-0.25, -0.2) is 4.39 Å². The van der Waals surface area contributed by atoms with Gasteiger partial charge in [0.2, 0.25) is 5.91 Å². The van der Waals surface area contributed by atoms with Gasteiger partial charge in [0.15, 0.2) is 5.78 Å². The fraction of sp³-hybridized carbons (Fsp3) is 0.300. The molecule has 3 rings (SSSR count). The number of amides is 1. The minimum atomic E-state index is -0.247. The van der Waals surface area contributed by atoms with E-state index in [2.05, 4.69) is 12.2 Å². The predicted octanol–water partition coefficient (Wildman–Crippen LogP) is 3.81. The number of hydrogen-bond acceptors (Lipinski definition) is 3. The van der Waals surface area contributed by atoms with Crippen LogP contribution in [0.4, 0.5) is 15.8 Å². The van der Waals surface area contributed by atoms with Gasteiger partial charge >= 0.3 is 0 Å². The number of anilines is 2. The SMILES string of the molecule is CC(=O)c1ccc(NC(=O)CN2c3ccc(F)cc3CCC2C)cc1. The first-order valence-electron chi connectivity index (χ1n) is 8.40. The summed E-state index contributed by atoms with van der Waals surface area (Å²) in [5.74, 6) is -0.397. The second-order valence-corrected chi connectivity index (χ2v) is 6.47. The van der Waals surface area contributed by atoms with Crippen LogP contribution in [0.2, 0.25) is 0 Å². The van der Waals surface area contributed by atoms with E-state index in [1.54, 1.807) is 36.4 Å². The second kappa shape index (κ2) is 7.05. The molecule has 130 valence electrons. The van der Waals surface area contributed by atoms with Crippen LogP contribution in [0, 0.1) is 5.82 Å². The van der Waals surface area contributed by atoms with Crippen LogP contribution in [0.25, 0.3) is 0 Å². The van der Waals surface area contributed by atoms with Gasteiger partial charge in [0.1, 0.15) is 5.82 Å². The van der Waals surface area contributed by atoms with Gasteiger partial charge in [-0.15, -0.1) is 0 Å². The van der Waals surface area contributed by atoms with Crippen molar-refractivity contribution in [3.8, 4) is 0 Å². The maximum absolute atomic E-state index is 13.4. The smallest absolute Gasteiger partial charge is 0.243 e. The molecule has 5 heteroatoms. The van der Waals surface area contributed by atoms with Crippen molar-refractivity contribution in [1.82, 2.24) is 0 Å². The number of benzene rings is 2. The molecule has 1 atom stereocenters. The van der Waals surface area contributed by atoms with Crippen LogP contribution in [0.1, 0.15) is 36.2 Å². The lowest BCUT2D eigenvalue weighted by Crippen LogP contribution is -2.42. The average Bonchev–Trinajstić information content (AvgIpc) is 2.58. The van der Waals surface area contributed by atoms with E-state index in [4.69, 9.17) is 0 Å². The first kappa shape index (κ1) is 17.1. The topological polar surface area (TPSA) is 49.4 Å². The number of halogens is 1. The van der Waals surface area contributed by atoms with Crippen molar-refractivity contribution >= 4 is 23.1 Å². The Morgan fingerprint density at radius 3 is 2.60 bits per heavy atom. The van der Waals surface area contributed by atoms with Crippen LogP contribution < -0.4 is 10.2 Å². The molecule has 0 aliphatic carbocycles. The fourth-order valence-corrected chi connectivity index (χ4v) is 3.18. The minimum Gasteiger partial charge on any atom is -0.359 e. The van der Waals surface area contributed by atoms with E-state index in [-0.39, 0.29) is 30.1 Å². The van der Waals surface area contributed by atoms with Gasteiger partial charge in [-0.1, -0.05) is 0 Å². The molecule has 1 amide bonds. The summed E-state index contributed by atoms with van der Waals surface area (Å²) in [5, 5.41) is 2.85. The fourth-order valence-electron chi connectivity index (χ4n) is 3.18. The maximum Gasteiger partial charge on any atom is 0.243 e. The van der Waals surface area contributed by atoms with Crippen molar-refractivity contribution < 1.29 is 14.0 Å². The number of fused-ring (bicyclic) bond motifs is 1. The zero-order valence-electron chi connectivity index (χ0n) is 14.4. The van der Waals surface area contributed by atoms with Crippen molar-refractivity contribution in [1.29, 1.82) is 0 Å². The Balaban J connectivity index is 1.71. The van der Waals surface area contributed by atoms with Crippen LogP contribution >= 0.6 is 0 Å². The summed E-state index contributed by atoms with van der Waals surface area (Å²) in [4.78, 5) is 25.7. The third-order valence-corrected chi connectivity index (χ3v) is 4.60. The molecule has 25 heavy (non-hydrogen) atoms. The normalized spacial score (nSPS) is 16.3. The van der Waals surface area contributed by atoms with E-state index in [9.17, 15) is 14.0 Å². The highest BCUT2D eigenvalue weighted by atomic mass is 19.1. The maximum atomic E-state index is 13.4. The zero-order valence-corrected chi connectivity index (χ0v) is 14.4. The molecule has 1 aliphatic rings. The molecule has 2 aromatic carbocycles. The van der Waals surface area contributed by atoms with Crippen molar-refractivity contribution in [3.63, 3.8) is 0 Å². The summed E-state index contributed by atoms with van der Waals surface area (Å²) in [5.41, 5.74) is 3.12. The van der Waals surface area contributed by atoms with Crippen LogP contribution in [0.5, 0.6) is 0 Å². The summed E-state index contributed by atoms with van der Waals surface area (Å²) in [6, 6.07) is 11.8. The standard InChI is InChI=1S/C20H21FN2O2/c1-13-3-4-16-11-17(21)7-10-19(16)23(13)12-20(25)22-18-8-5-15(6-9-18)14(2)24/h5-11,13H,3-4,12H2,1-2H3,(H,22,25). The summed E-state index contributed by atoms with van der Waals surface area (Å²) in [6.07, 6.45) is 1.70. The Kier molecular flexibility index (Phi) is 4.83. The number of Topliss-reactive ketones (excluding diaryl/α,β-unsaturated/α-hetero) is 1. The lowest BCUT2D eigenvalue weighted by Gasteiger charge is -2.36. The van der Waals surface area contributed by atoms with Crippen molar-refractivity contribution in [2.24, 2.45) is 0 Å². The lowest BCUT2D eigenvalue weighted by atomic mass is 9.96. The first-order valence-corrected chi connectivity index (χ1v) is 8.40. The number of ketones is 1. The quantitative estimate of drug-likeness (QED) is 0.861. The largest absolute Gasteiger partial charge is 0.359 e. The average molecular weight is 340 g/mol. The second-order valence-electron chi connectivity index (χ2n) is 6.47. The molecule has 0 fully saturated rings. The van der Waals surface area contributed by atoms with Gasteiger partial charge in [-0.05, 0) is 74.7 Å². The van der Waals surface area contributed by atoms with Crippen LogP contribution in [-0.4, -0.2) is 24.3 Å². The molecule has 1 unspecified atom stereocenters. The number of rotatable bonds is 4. The first-order chi connectivity index (χ1) is 11.9. The monoisotopic (exact) mass is 340 g/mol. The number of carbonyl (C=O) groups is 2. The van der Waals surface area contributed by atoms with Gasteiger partial charge in [-0.3, -0.25) is 9.59 Å². The Morgan fingerprint density at radius 1 is 1.20 bits per heavy atom. The van der Waals surface area contributed by atoms with Gasteiger partial charge in [0.05, 0.1) is 6.54 Å². The number of hydrogen-bond donors (Lipinski definition) is 1. The van der Waals surface area contributed by atoms with Crippen molar-refractivity contribution in [3.05, 3.63) is 59.4 Å². The predicted molar refractivity (Wildman–Crippen MR) is 96.6 cm³/mol. The molecule has 0 saturated carbocycles. The van der Waals surface area contributed by atoms with E-state index < -0.39 is 0 Å². The molecule has 1 heterocycles. The summed E-state index contributed by atoms with van der Waals surface area (Å²) in [6.45, 7) is 3.78. The van der Waals surface area contributed by atoms with Gasteiger partial charge in [0.25, 0.3) is 0 Å². The van der Waals surface area contributed by atoms with Crippen molar-refractivity contribution in [2.75, 3.05) is 16.8 Å². The van der Waals surface area contributed by atoms with E-state index in [0.717, 1.165) is 24.1 Å². The molecule has 0 aromatic heterocycles. The van der Waals surface area contributed by atoms with Gasteiger partial charge < -0.3 is 10.2 Å². The van der Waals surface area contributed by atoms with Gasteiger partial charge in [0, 0.05) is 23.0 Å².